The van der Waals surface area contributed by atoms with Crippen LogP contribution in [0.1, 0.15) is 44.2 Å². The molecule has 23 heavy (non-hydrogen) atoms. The summed E-state index contributed by atoms with van der Waals surface area (Å²) in [6.07, 6.45) is 9.80. The molecule has 0 spiro atoms. The molecule has 2 rings (SSSR count). The Bertz CT molecular complexity index is 435. The zero-order chi connectivity index (χ0) is 15.5. The zero-order valence-corrected chi connectivity index (χ0v) is 16.3. The molecular formula is C17H29IN4O. The van der Waals surface area contributed by atoms with Crippen molar-refractivity contribution in [1.29, 1.82) is 0 Å². The van der Waals surface area contributed by atoms with E-state index < -0.39 is 0 Å². The maximum absolute atomic E-state index is 5.92. The minimum atomic E-state index is 0. The summed E-state index contributed by atoms with van der Waals surface area (Å²) in [6, 6.07) is 5.91. The fourth-order valence-corrected chi connectivity index (χ4v) is 2.66. The average molecular weight is 432 g/mol. The summed E-state index contributed by atoms with van der Waals surface area (Å²) < 4.78 is 5.92. The number of aliphatic imine (C=N–C) groups is 1. The molecule has 0 aromatic carbocycles. The van der Waals surface area contributed by atoms with Gasteiger partial charge in [-0.2, -0.15) is 0 Å². The van der Waals surface area contributed by atoms with Gasteiger partial charge in [0.1, 0.15) is 0 Å². The SMILES string of the molecule is CN=C(NCCCOC1CCCCC1)NCc1ccccn1.I. The highest BCUT2D eigenvalue weighted by Gasteiger charge is 2.12. The first-order valence-electron chi connectivity index (χ1n) is 8.34. The van der Waals surface area contributed by atoms with Gasteiger partial charge in [0.25, 0.3) is 0 Å². The van der Waals surface area contributed by atoms with E-state index in [-0.39, 0.29) is 24.0 Å². The summed E-state index contributed by atoms with van der Waals surface area (Å²) >= 11 is 0. The van der Waals surface area contributed by atoms with Crippen molar-refractivity contribution in [3.8, 4) is 0 Å². The molecule has 0 atom stereocenters. The highest BCUT2D eigenvalue weighted by Crippen LogP contribution is 2.20. The largest absolute Gasteiger partial charge is 0.378 e. The predicted molar refractivity (Wildman–Crippen MR) is 105 cm³/mol. The van der Waals surface area contributed by atoms with Gasteiger partial charge in [-0.15, -0.1) is 24.0 Å². The summed E-state index contributed by atoms with van der Waals surface area (Å²) in [7, 11) is 1.78. The maximum atomic E-state index is 5.92. The van der Waals surface area contributed by atoms with Gasteiger partial charge in [-0.3, -0.25) is 9.98 Å². The summed E-state index contributed by atoms with van der Waals surface area (Å²) in [6.45, 7) is 2.38. The van der Waals surface area contributed by atoms with Crippen LogP contribution in [-0.4, -0.2) is 37.2 Å². The summed E-state index contributed by atoms with van der Waals surface area (Å²) in [4.78, 5) is 8.50. The Hall–Kier alpha value is -0.890. The van der Waals surface area contributed by atoms with E-state index in [1.807, 2.05) is 18.2 Å². The van der Waals surface area contributed by atoms with Gasteiger partial charge in [0.2, 0.25) is 0 Å². The van der Waals surface area contributed by atoms with Crippen molar-refractivity contribution in [2.24, 2.45) is 4.99 Å². The molecule has 6 heteroatoms. The molecule has 2 N–H and O–H groups in total. The second-order valence-corrected chi connectivity index (χ2v) is 5.66. The first-order chi connectivity index (χ1) is 10.9. The third kappa shape index (κ3) is 8.50. The molecule has 0 bridgehead atoms. The fraction of sp³-hybridized carbons (Fsp3) is 0.647. The average Bonchev–Trinajstić information content (AvgIpc) is 2.59. The topological polar surface area (TPSA) is 58.5 Å². The Labute approximate surface area is 156 Å². The van der Waals surface area contributed by atoms with E-state index in [0.717, 1.165) is 31.2 Å². The summed E-state index contributed by atoms with van der Waals surface area (Å²) in [5.74, 6) is 0.809. The number of nitrogens with one attached hydrogen (secondary N) is 2. The minimum absolute atomic E-state index is 0. The van der Waals surface area contributed by atoms with Gasteiger partial charge in [-0.25, -0.2) is 0 Å². The number of rotatable bonds is 7. The lowest BCUT2D eigenvalue weighted by Crippen LogP contribution is -2.37. The molecule has 0 aliphatic heterocycles. The smallest absolute Gasteiger partial charge is 0.191 e. The second-order valence-electron chi connectivity index (χ2n) is 5.66. The standard InChI is InChI=1S/C17H28N4O.HI/c1-18-17(21-14-15-8-5-6-11-19-15)20-12-7-13-22-16-9-3-2-4-10-16;/h5-6,8,11,16H,2-4,7,9-10,12-14H2,1H3,(H2,18,20,21);1H. The molecule has 130 valence electrons. The molecule has 1 fully saturated rings. The zero-order valence-electron chi connectivity index (χ0n) is 14.0. The van der Waals surface area contributed by atoms with Crippen molar-refractivity contribution in [3.63, 3.8) is 0 Å². The van der Waals surface area contributed by atoms with Crippen LogP contribution in [0.4, 0.5) is 0 Å². The van der Waals surface area contributed by atoms with E-state index >= 15 is 0 Å². The van der Waals surface area contributed by atoms with Gasteiger partial charge in [0, 0.05) is 26.4 Å². The van der Waals surface area contributed by atoms with E-state index in [1.54, 1.807) is 13.2 Å². The molecule has 1 saturated carbocycles. The summed E-state index contributed by atoms with van der Waals surface area (Å²) in [5, 5.41) is 6.57. The number of ether oxygens (including phenoxy) is 1. The third-order valence-electron chi connectivity index (χ3n) is 3.91. The van der Waals surface area contributed by atoms with Crippen LogP contribution in [-0.2, 0) is 11.3 Å². The molecule has 0 unspecified atom stereocenters. The second kappa shape index (κ2) is 12.5. The highest BCUT2D eigenvalue weighted by molar-refractivity contribution is 14.0. The lowest BCUT2D eigenvalue weighted by Gasteiger charge is -2.22. The molecule has 1 aromatic heterocycles. The minimum Gasteiger partial charge on any atom is -0.378 e. The Kier molecular flexibility index (Phi) is 11.0. The van der Waals surface area contributed by atoms with Gasteiger partial charge in [0.05, 0.1) is 18.3 Å². The van der Waals surface area contributed by atoms with Crippen molar-refractivity contribution >= 4 is 29.9 Å². The van der Waals surface area contributed by atoms with Crippen LogP contribution in [0.15, 0.2) is 29.4 Å². The van der Waals surface area contributed by atoms with Crippen molar-refractivity contribution in [1.82, 2.24) is 15.6 Å². The highest BCUT2D eigenvalue weighted by atomic mass is 127. The number of hydrogen-bond donors (Lipinski definition) is 2. The quantitative estimate of drug-likeness (QED) is 0.301. The first kappa shape index (κ1) is 20.2. The van der Waals surface area contributed by atoms with Crippen molar-refractivity contribution < 1.29 is 4.74 Å². The Morgan fingerprint density at radius 2 is 2.09 bits per heavy atom. The Morgan fingerprint density at radius 1 is 1.26 bits per heavy atom. The van der Waals surface area contributed by atoms with Crippen LogP contribution in [0.5, 0.6) is 0 Å². The number of aromatic nitrogens is 1. The predicted octanol–water partition coefficient (Wildman–Crippen LogP) is 3.10. The molecule has 0 saturated heterocycles. The van der Waals surface area contributed by atoms with Gasteiger partial charge in [-0.1, -0.05) is 25.3 Å². The van der Waals surface area contributed by atoms with Crippen LogP contribution in [0.25, 0.3) is 0 Å². The number of hydrogen-bond acceptors (Lipinski definition) is 3. The number of pyridine rings is 1. The van der Waals surface area contributed by atoms with E-state index in [1.165, 1.54) is 32.1 Å². The Balaban J connectivity index is 0.00000264. The van der Waals surface area contributed by atoms with Crippen LogP contribution in [0, 0.1) is 0 Å². The van der Waals surface area contributed by atoms with Gasteiger partial charge < -0.3 is 15.4 Å². The van der Waals surface area contributed by atoms with Crippen molar-refractivity contribution in [2.75, 3.05) is 20.2 Å². The maximum Gasteiger partial charge on any atom is 0.191 e. The molecule has 1 aliphatic rings. The first-order valence-corrected chi connectivity index (χ1v) is 8.34. The van der Waals surface area contributed by atoms with E-state index in [2.05, 4.69) is 20.6 Å². The lowest BCUT2D eigenvalue weighted by molar-refractivity contribution is 0.0277. The molecule has 1 aliphatic carbocycles. The number of guanidine groups is 1. The molecular weight excluding hydrogens is 403 g/mol. The van der Waals surface area contributed by atoms with E-state index in [0.29, 0.717) is 12.6 Å². The van der Waals surface area contributed by atoms with Gasteiger partial charge >= 0.3 is 0 Å². The van der Waals surface area contributed by atoms with Crippen molar-refractivity contribution in [3.05, 3.63) is 30.1 Å². The normalized spacial score (nSPS) is 15.8. The number of nitrogens with zero attached hydrogens (tertiary/aromatic N) is 2. The van der Waals surface area contributed by atoms with Gasteiger partial charge in [-0.05, 0) is 31.4 Å². The lowest BCUT2D eigenvalue weighted by atomic mass is 9.98. The summed E-state index contributed by atoms with van der Waals surface area (Å²) in [5.41, 5.74) is 1.01. The van der Waals surface area contributed by atoms with E-state index in [4.69, 9.17) is 4.74 Å². The molecule has 1 aromatic rings. The third-order valence-corrected chi connectivity index (χ3v) is 3.91. The van der Waals surface area contributed by atoms with Gasteiger partial charge in [0.15, 0.2) is 5.96 Å². The molecule has 0 amide bonds. The number of halogens is 1. The van der Waals surface area contributed by atoms with Crippen LogP contribution in [0.3, 0.4) is 0 Å². The molecule has 5 nitrogen and oxygen atoms in total. The van der Waals surface area contributed by atoms with Crippen molar-refractivity contribution in [2.45, 2.75) is 51.2 Å². The van der Waals surface area contributed by atoms with E-state index in [9.17, 15) is 0 Å². The fourth-order valence-electron chi connectivity index (χ4n) is 2.66. The Morgan fingerprint density at radius 3 is 2.78 bits per heavy atom. The van der Waals surface area contributed by atoms with Crippen LogP contribution < -0.4 is 10.6 Å². The van der Waals surface area contributed by atoms with Crippen LogP contribution in [0.2, 0.25) is 0 Å². The van der Waals surface area contributed by atoms with Crippen LogP contribution >= 0.6 is 24.0 Å². The monoisotopic (exact) mass is 432 g/mol. The molecule has 0 radical (unpaired) electrons. The molecule has 1 heterocycles.